The maximum absolute atomic E-state index is 13.2. The quantitative estimate of drug-likeness (QED) is 0.897. The van der Waals surface area contributed by atoms with Crippen LogP contribution in [0.25, 0.3) is 0 Å². The van der Waals surface area contributed by atoms with Crippen LogP contribution in [0, 0.1) is 18.7 Å². The van der Waals surface area contributed by atoms with Gasteiger partial charge in [-0.15, -0.1) is 12.4 Å². The predicted molar refractivity (Wildman–Crippen MR) is 75.4 cm³/mol. The predicted octanol–water partition coefficient (Wildman–Crippen LogP) is 2.73. The number of likely N-dealkylation sites (tertiary alicyclic amines) is 1. The van der Waals surface area contributed by atoms with Crippen molar-refractivity contribution in [1.29, 1.82) is 0 Å². The number of benzene rings is 1. The second kappa shape index (κ2) is 6.50. The van der Waals surface area contributed by atoms with Crippen molar-refractivity contribution in [2.45, 2.75) is 32.9 Å². The summed E-state index contributed by atoms with van der Waals surface area (Å²) in [5.41, 5.74) is 8.25. The van der Waals surface area contributed by atoms with Crippen LogP contribution in [0.2, 0.25) is 0 Å². The van der Waals surface area contributed by atoms with Crippen LogP contribution in [0.1, 0.15) is 24.5 Å². The Morgan fingerprint density at radius 1 is 1.44 bits per heavy atom. The first-order chi connectivity index (χ1) is 8.06. The van der Waals surface area contributed by atoms with Gasteiger partial charge in [0.05, 0.1) is 0 Å². The van der Waals surface area contributed by atoms with Gasteiger partial charge in [0, 0.05) is 19.1 Å². The SMILES string of the molecule is Cc1ccc(F)cc1CN1CCC(N)C(C)C1.Cl. The lowest BCUT2D eigenvalue weighted by Gasteiger charge is -2.35. The van der Waals surface area contributed by atoms with Gasteiger partial charge in [0.15, 0.2) is 0 Å². The molecule has 1 aromatic rings. The lowest BCUT2D eigenvalue weighted by molar-refractivity contribution is 0.157. The first-order valence-corrected chi connectivity index (χ1v) is 6.29. The maximum atomic E-state index is 13.2. The molecule has 2 N–H and O–H groups in total. The molecule has 1 aromatic carbocycles. The number of rotatable bonds is 2. The van der Waals surface area contributed by atoms with Crippen molar-refractivity contribution in [3.63, 3.8) is 0 Å². The van der Waals surface area contributed by atoms with Crippen LogP contribution in [0.15, 0.2) is 18.2 Å². The van der Waals surface area contributed by atoms with E-state index < -0.39 is 0 Å². The molecule has 1 aliphatic rings. The molecule has 2 atom stereocenters. The molecule has 18 heavy (non-hydrogen) atoms. The second-order valence-electron chi connectivity index (χ2n) is 5.24. The first kappa shape index (κ1) is 15.4. The molecule has 0 aliphatic carbocycles. The smallest absolute Gasteiger partial charge is 0.123 e. The second-order valence-corrected chi connectivity index (χ2v) is 5.24. The average Bonchev–Trinajstić information content (AvgIpc) is 2.29. The van der Waals surface area contributed by atoms with Gasteiger partial charge < -0.3 is 5.73 Å². The van der Waals surface area contributed by atoms with Crippen molar-refractivity contribution in [2.24, 2.45) is 11.7 Å². The van der Waals surface area contributed by atoms with Crippen LogP contribution in [0.3, 0.4) is 0 Å². The normalized spacial score (nSPS) is 24.7. The maximum Gasteiger partial charge on any atom is 0.123 e. The van der Waals surface area contributed by atoms with Crippen molar-refractivity contribution in [3.8, 4) is 0 Å². The number of halogens is 2. The van der Waals surface area contributed by atoms with Gasteiger partial charge in [0.2, 0.25) is 0 Å². The molecule has 2 rings (SSSR count). The summed E-state index contributed by atoms with van der Waals surface area (Å²) in [5, 5.41) is 0. The third-order valence-electron chi connectivity index (χ3n) is 3.76. The fraction of sp³-hybridized carbons (Fsp3) is 0.571. The molecule has 0 bridgehead atoms. The summed E-state index contributed by atoms with van der Waals surface area (Å²) in [7, 11) is 0. The van der Waals surface area contributed by atoms with Gasteiger partial charge in [-0.1, -0.05) is 13.0 Å². The van der Waals surface area contributed by atoms with Crippen molar-refractivity contribution in [1.82, 2.24) is 4.90 Å². The fourth-order valence-electron chi connectivity index (χ4n) is 2.45. The minimum atomic E-state index is -0.146. The van der Waals surface area contributed by atoms with Crippen LogP contribution in [-0.2, 0) is 6.54 Å². The monoisotopic (exact) mass is 272 g/mol. The standard InChI is InChI=1S/C14H21FN2.ClH/c1-10-3-4-13(15)7-12(10)9-17-6-5-14(16)11(2)8-17;/h3-4,7,11,14H,5-6,8-9,16H2,1-2H3;1H. The molecule has 0 saturated carbocycles. The Hall–Kier alpha value is -0.640. The number of nitrogens with two attached hydrogens (primary N) is 1. The van der Waals surface area contributed by atoms with Crippen LogP contribution in [-0.4, -0.2) is 24.0 Å². The van der Waals surface area contributed by atoms with Crippen molar-refractivity contribution in [2.75, 3.05) is 13.1 Å². The van der Waals surface area contributed by atoms with E-state index in [-0.39, 0.29) is 18.2 Å². The van der Waals surface area contributed by atoms with Gasteiger partial charge in [-0.05, 0) is 49.1 Å². The molecule has 1 heterocycles. The highest BCUT2D eigenvalue weighted by molar-refractivity contribution is 5.85. The van der Waals surface area contributed by atoms with Crippen LogP contribution in [0.4, 0.5) is 4.39 Å². The Morgan fingerprint density at radius 3 is 2.83 bits per heavy atom. The van der Waals surface area contributed by atoms with E-state index in [2.05, 4.69) is 11.8 Å². The molecular weight excluding hydrogens is 251 g/mol. The van der Waals surface area contributed by atoms with Gasteiger partial charge in [0.1, 0.15) is 5.82 Å². The minimum absolute atomic E-state index is 0. The summed E-state index contributed by atoms with van der Waals surface area (Å²) in [6.07, 6.45) is 1.04. The summed E-state index contributed by atoms with van der Waals surface area (Å²) < 4.78 is 13.2. The Bertz CT molecular complexity index is 397. The van der Waals surface area contributed by atoms with Crippen molar-refractivity contribution in [3.05, 3.63) is 35.1 Å². The zero-order chi connectivity index (χ0) is 12.4. The summed E-state index contributed by atoms with van der Waals surface area (Å²) in [4.78, 5) is 2.37. The van der Waals surface area contributed by atoms with Gasteiger partial charge >= 0.3 is 0 Å². The fourth-order valence-corrected chi connectivity index (χ4v) is 2.45. The summed E-state index contributed by atoms with van der Waals surface area (Å²) >= 11 is 0. The summed E-state index contributed by atoms with van der Waals surface area (Å²) in [6.45, 7) is 7.09. The molecule has 2 unspecified atom stereocenters. The lowest BCUT2D eigenvalue weighted by atomic mass is 9.94. The van der Waals surface area contributed by atoms with E-state index in [4.69, 9.17) is 5.73 Å². The summed E-state index contributed by atoms with van der Waals surface area (Å²) in [5.74, 6) is 0.380. The molecule has 1 fully saturated rings. The van der Waals surface area contributed by atoms with E-state index in [1.165, 1.54) is 6.07 Å². The molecule has 0 radical (unpaired) electrons. The van der Waals surface area contributed by atoms with Crippen LogP contribution >= 0.6 is 12.4 Å². The van der Waals surface area contributed by atoms with E-state index in [0.717, 1.165) is 37.2 Å². The van der Waals surface area contributed by atoms with Crippen molar-refractivity contribution < 1.29 is 4.39 Å². The van der Waals surface area contributed by atoms with E-state index in [1.807, 2.05) is 13.0 Å². The van der Waals surface area contributed by atoms with E-state index >= 15 is 0 Å². The molecule has 1 saturated heterocycles. The van der Waals surface area contributed by atoms with Gasteiger partial charge in [-0.2, -0.15) is 0 Å². The first-order valence-electron chi connectivity index (χ1n) is 6.29. The summed E-state index contributed by atoms with van der Waals surface area (Å²) in [6, 6.07) is 5.34. The Morgan fingerprint density at radius 2 is 2.17 bits per heavy atom. The highest BCUT2D eigenvalue weighted by atomic mass is 35.5. The highest BCUT2D eigenvalue weighted by Gasteiger charge is 2.23. The number of nitrogens with zero attached hydrogens (tertiary/aromatic N) is 1. The van der Waals surface area contributed by atoms with E-state index in [0.29, 0.717) is 12.0 Å². The van der Waals surface area contributed by atoms with E-state index in [9.17, 15) is 4.39 Å². The zero-order valence-electron chi connectivity index (χ0n) is 11.0. The third-order valence-corrected chi connectivity index (χ3v) is 3.76. The van der Waals surface area contributed by atoms with Crippen molar-refractivity contribution >= 4 is 12.4 Å². The number of hydrogen-bond donors (Lipinski definition) is 1. The molecule has 4 heteroatoms. The zero-order valence-corrected chi connectivity index (χ0v) is 11.8. The molecule has 102 valence electrons. The molecule has 0 aromatic heterocycles. The number of aryl methyl sites for hydroxylation is 1. The minimum Gasteiger partial charge on any atom is -0.327 e. The number of piperidine rings is 1. The Kier molecular flexibility index (Phi) is 5.57. The lowest BCUT2D eigenvalue weighted by Crippen LogP contribution is -2.45. The molecule has 1 aliphatic heterocycles. The van der Waals surface area contributed by atoms with E-state index in [1.54, 1.807) is 6.07 Å². The largest absolute Gasteiger partial charge is 0.327 e. The Balaban J connectivity index is 0.00000162. The van der Waals surface area contributed by atoms with Gasteiger partial charge in [-0.3, -0.25) is 4.90 Å². The highest BCUT2D eigenvalue weighted by Crippen LogP contribution is 2.19. The average molecular weight is 273 g/mol. The molecule has 0 spiro atoms. The van der Waals surface area contributed by atoms with Gasteiger partial charge in [0.25, 0.3) is 0 Å². The Labute approximate surface area is 115 Å². The van der Waals surface area contributed by atoms with Gasteiger partial charge in [-0.25, -0.2) is 4.39 Å². The molecule has 0 amide bonds. The third kappa shape index (κ3) is 3.67. The van der Waals surface area contributed by atoms with Crippen LogP contribution < -0.4 is 5.73 Å². The number of hydrogen-bond acceptors (Lipinski definition) is 2. The topological polar surface area (TPSA) is 29.3 Å². The molecule has 2 nitrogen and oxygen atoms in total. The molecular formula is C14H22ClFN2. The van der Waals surface area contributed by atoms with Crippen LogP contribution in [0.5, 0.6) is 0 Å².